The zero-order valence-electron chi connectivity index (χ0n) is 14.9. The summed E-state index contributed by atoms with van der Waals surface area (Å²) in [6.07, 6.45) is 2.29. The Hall–Kier alpha value is -2.81. The number of thiophene rings is 1. The van der Waals surface area contributed by atoms with E-state index >= 15 is 0 Å². The first-order valence-corrected chi connectivity index (χ1v) is 11.1. The van der Waals surface area contributed by atoms with Crippen LogP contribution in [0.4, 0.5) is 5.82 Å². The number of aromatic nitrogens is 2. The van der Waals surface area contributed by atoms with Gasteiger partial charge in [-0.05, 0) is 29.7 Å². The lowest BCUT2D eigenvalue weighted by molar-refractivity contribution is 0.598. The third-order valence-corrected chi connectivity index (χ3v) is 6.23. The molecule has 0 bridgehead atoms. The number of benzene rings is 2. The number of fused-ring (bicyclic) bond motifs is 1. The van der Waals surface area contributed by atoms with Crippen LogP contribution in [0.5, 0.6) is 0 Å². The zero-order valence-corrected chi connectivity index (χ0v) is 16.5. The molecule has 0 unspecified atom stereocenters. The number of hydrogen-bond donors (Lipinski definition) is 2. The molecule has 8 heteroatoms. The van der Waals surface area contributed by atoms with Crippen molar-refractivity contribution in [3.63, 3.8) is 0 Å². The van der Waals surface area contributed by atoms with Gasteiger partial charge in [0.15, 0.2) is 0 Å². The minimum Gasteiger partial charge on any atom is -0.369 e. The van der Waals surface area contributed by atoms with Gasteiger partial charge in [-0.2, -0.15) is 0 Å². The van der Waals surface area contributed by atoms with E-state index in [1.165, 1.54) is 12.1 Å². The summed E-state index contributed by atoms with van der Waals surface area (Å²) in [5, 5.41) is 11.6. The summed E-state index contributed by atoms with van der Waals surface area (Å²) in [7, 11) is -3.66. The first kappa shape index (κ1) is 18.5. The van der Waals surface area contributed by atoms with Gasteiger partial charge in [-0.15, -0.1) is 11.3 Å². The molecule has 2 aromatic carbocycles. The van der Waals surface area contributed by atoms with E-state index < -0.39 is 10.0 Å². The van der Waals surface area contributed by atoms with Gasteiger partial charge in [0, 0.05) is 17.5 Å². The predicted octanol–water partition coefficient (Wildman–Crippen LogP) is 3.66. The van der Waals surface area contributed by atoms with E-state index in [-0.39, 0.29) is 4.90 Å². The largest absolute Gasteiger partial charge is 0.369 e. The molecule has 0 aliphatic heterocycles. The molecule has 0 atom stereocenters. The fourth-order valence-electron chi connectivity index (χ4n) is 3.01. The van der Waals surface area contributed by atoms with E-state index in [2.05, 4.69) is 32.8 Å². The van der Waals surface area contributed by atoms with Gasteiger partial charge in [-0.25, -0.2) is 23.5 Å². The summed E-state index contributed by atoms with van der Waals surface area (Å²) in [6.45, 7) is 0.658. The van der Waals surface area contributed by atoms with E-state index in [9.17, 15) is 8.42 Å². The SMILES string of the molecule is NS(=O)(=O)c1ccc(CCNc2ncnc3scc(-c4ccccc4)c23)cc1. The van der Waals surface area contributed by atoms with Crippen molar-refractivity contribution in [1.82, 2.24) is 9.97 Å². The molecule has 0 amide bonds. The van der Waals surface area contributed by atoms with Gasteiger partial charge >= 0.3 is 0 Å². The third kappa shape index (κ3) is 3.89. The summed E-state index contributed by atoms with van der Waals surface area (Å²) in [6, 6.07) is 16.8. The Morgan fingerprint density at radius 2 is 1.75 bits per heavy atom. The Balaban J connectivity index is 1.53. The predicted molar refractivity (Wildman–Crippen MR) is 113 cm³/mol. The number of rotatable bonds is 6. The highest BCUT2D eigenvalue weighted by molar-refractivity contribution is 7.89. The lowest BCUT2D eigenvalue weighted by atomic mass is 10.1. The number of hydrogen-bond acceptors (Lipinski definition) is 6. The number of nitrogens with one attached hydrogen (secondary N) is 1. The second kappa shape index (κ2) is 7.67. The monoisotopic (exact) mass is 410 g/mol. The van der Waals surface area contributed by atoms with Crippen LogP contribution in [0.15, 0.2) is 71.2 Å². The number of nitrogens with zero attached hydrogens (tertiary/aromatic N) is 2. The van der Waals surface area contributed by atoms with Crippen molar-refractivity contribution in [2.24, 2.45) is 5.14 Å². The van der Waals surface area contributed by atoms with Gasteiger partial charge in [0.05, 0.1) is 10.3 Å². The molecule has 0 saturated carbocycles. The highest BCUT2D eigenvalue weighted by Crippen LogP contribution is 2.36. The maximum Gasteiger partial charge on any atom is 0.238 e. The number of anilines is 1. The van der Waals surface area contributed by atoms with Crippen LogP contribution < -0.4 is 10.5 Å². The van der Waals surface area contributed by atoms with Crippen molar-refractivity contribution >= 4 is 37.4 Å². The second-order valence-corrected chi connectivity index (χ2v) is 8.70. The molecule has 0 aliphatic carbocycles. The van der Waals surface area contributed by atoms with E-state index in [1.807, 2.05) is 18.2 Å². The molecular formula is C20H18N4O2S2. The molecule has 4 aromatic rings. The maximum atomic E-state index is 11.3. The average Bonchev–Trinajstić information content (AvgIpc) is 3.13. The van der Waals surface area contributed by atoms with Crippen molar-refractivity contribution in [2.75, 3.05) is 11.9 Å². The van der Waals surface area contributed by atoms with Crippen molar-refractivity contribution in [3.8, 4) is 11.1 Å². The molecule has 0 fully saturated rings. The van der Waals surface area contributed by atoms with Crippen LogP contribution in [0.25, 0.3) is 21.3 Å². The molecule has 142 valence electrons. The van der Waals surface area contributed by atoms with Crippen LogP contribution >= 0.6 is 11.3 Å². The highest BCUT2D eigenvalue weighted by Gasteiger charge is 2.13. The first-order chi connectivity index (χ1) is 13.5. The molecule has 6 nitrogen and oxygen atoms in total. The van der Waals surface area contributed by atoms with Gasteiger partial charge in [0.25, 0.3) is 0 Å². The Labute approximate surface area is 167 Å². The molecule has 0 radical (unpaired) electrons. The molecule has 0 aliphatic rings. The number of nitrogens with two attached hydrogens (primary N) is 1. The minimum absolute atomic E-state index is 0.118. The molecule has 0 saturated heterocycles. The third-order valence-electron chi connectivity index (χ3n) is 4.41. The Morgan fingerprint density at radius 3 is 2.46 bits per heavy atom. The lowest BCUT2D eigenvalue weighted by Gasteiger charge is -2.09. The summed E-state index contributed by atoms with van der Waals surface area (Å²) >= 11 is 1.60. The van der Waals surface area contributed by atoms with Crippen LogP contribution in [0.2, 0.25) is 0 Å². The Morgan fingerprint density at radius 1 is 1.00 bits per heavy atom. The first-order valence-electron chi connectivity index (χ1n) is 8.65. The summed E-state index contributed by atoms with van der Waals surface area (Å²) < 4.78 is 22.7. The Kier molecular flexibility index (Phi) is 5.08. The van der Waals surface area contributed by atoms with Crippen molar-refractivity contribution < 1.29 is 8.42 Å². The zero-order chi connectivity index (χ0) is 19.6. The lowest BCUT2D eigenvalue weighted by Crippen LogP contribution is -2.12. The molecule has 3 N–H and O–H groups in total. The fourth-order valence-corrected chi connectivity index (χ4v) is 4.44. The van der Waals surface area contributed by atoms with Crippen LogP contribution in [0.1, 0.15) is 5.56 Å². The molecule has 28 heavy (non-hydrogen) atoms. The van der Waals surface area contributed by atoms with Crippen LogP contribution in [-0.4, -0.2) is 24.9 Å². The Bertz CT molecular complexity index is 1200. The van der Waals surface area contributed by atoms with Gasteiger partial charge in [0.1, 0.15) is 17.0 Å². The van der Waals surface area contributed by atoms with E-state index in [0.29, 0.717) is 6.54 Å². The average molecular weight is 411 g/mol. The summed E-state index contributed by atoms with van der Waals surface area (Å²) in [4.78, 5) is 9.87. The van der Waals surface area contributed by atoms with E-state index in [0.717, 1.165) is 39.1 Å². The number of primary sulfonamides is 1. The minimum atomic E-state index is -3.66. The van der Waals surface area contributed by atoms with Gasteiger partial charge < -0.3 is 5.32 Å². The normalized spacial score (nSPS) is 11.6. The quantitative estimate of drug-likeness (QED) is 0.505. The van der Waals surface area contributed by atoms with Crippen LogP contribution in [0, 0.1) is 0 Å². The standard InChI is InChI=1S/C20H18N4O2S2/c21-28(25,26)16-8-6-14(7-9-16)10-11-22-19-18-17(15-4-2-1-3-5-15)12-27-20(18)24-13-23-19/h1-9,12-13H,10-11H2,(H2,21,25,26)(H,22,23,24). The van der Waals surface area contributed by atoms with Crippen molar-refractivity contribution in [3.05, 3.63) is 71.9 Å². The topological polar surface area (TPSA) is 98.0 Å². The van der Waals surface area contributed by atoms with Crippen LogP contribution in [-0.2, 0) is 16.4 Å². The highest BCUT2D eigenvalue weighted by atomic mass is 32.2. The second-order valence-electron chi connectivity index (χ2n) is 6.28. The fraction of sp³-hybridized carbons (Fsp3) is 0.100. The molecule has 0 spiro atoms. The maximum absolute atomic E-state index is 11.3. The number of sulfonamides is 1. The van der Waals surface area contributed by atoms with Crippen molar-refractivity contribution in [1.29, 1.82) is 0 Å². The molecule has 2 aromatic heterocycles. The van der Waals surface area contributed by atoms with Crippen LogP contribution in [0.3, 0.4) is 0 Å². The van der Waals surface area contributed by atoms with Gasteiger partial charge in [0.2, 0.25) is 10.0 Å². The molecule has 2 heterocycles. The van der Waals surface area contributed by atoms with E-state index in [4.69, 9.17) is 5.14 Å². The summed E-state index contributed by atoms with van der Waals surface area (Å²) in [5.41, 5.74) is 3.25. The van der Waals surface area contributed by atoms with E-state index in [1.54, 1.807) is 29.8 Å². The van der Waals surface area contributed by atoms with Crippen molar-refractivity contribution in [2.45, 2.75) is 11.3 Å². The smallest absolute Gasteiger partial charge is 0.238 e. The molecule has 4 rings (SSSR count). The molecular weight excluding hydrogens is 392 g/mol. The van der Waals surface area contributed by atoms with Gasteiger partial charge in [-0.1, -0.05) is 42.5 Å². The summed E-state index contributed by atoms with van der Waals surface area (Å²) in [5.74, 6) is 0.797. The van der Waals surface area contributed by atoms with Gasteiger partial charge in [-0.3, -0.25) is 0 Å².